The lowest BCUT2D eigenvalue weighted by Gasteiger charge is -2.34. The first-order chi connectivity index (χ1) is 5.87. The van der Waals surface area contributed by atoms with Crippen LogP contribution in [0.2, 0.25) is 0 Å². The molecule has 12 heavy (non-hydrogen) atoms. The molecule has 1 unspecified atom stereocenters. The molecule has 2 fully saturated rings. The lowest BCUT2D eigenvalue weighted by atomic mass is 9.90. The average molecular weight is 171 g/mol. The molecule has 1 saturated carbocycles. The number of nitrogens with zero attached hydrogens (tertiary/aromatic N) is 1. The molecule has 1 aliphatic heterocycles. The van der Waals surface area contributed by atoms with Gasteiger partial charge in [-0.1, -0.05) is 11.6 Å². The fraction of sp³-hybridized carbons (Fsp3) is 1.00. The van der Waals surface area contributed by atoms with Gasteiger partial charge in [-0.15, -0.1) is 0 Å². The van der Waals surface area contributed by atoms with Crippen molar-refractivity contribution in [3.8, 4) is 0 Å². The van der Waals surface area contributed by atoms with Crippen LogP contribution in [-0.2, 0) is 9.47 Å². The minimum Gasteiger partial charge on any atom is -0.345 e. The topological polar surface area (TPSA) is 47.9 Å². The van der Waals surface area contributed by atoms with E-state index in [1.807, 2.05) is 0 Å². The second kappa shape index (κ2) is 3.11. The molecule has 4 nitrogen and oxygen atoms in total. The van der Waals surface area contributed by atoms with E-state index in [9.17, 15) is 4.91 Å². The molecule has 0 aromatic heterocycles. The second-order valence-corrected chi connectivity index (χ2v) is 3.38. The van der Waals surface area contributed by atoms with Crippen LogP contribution in [0.3, 0.4) is 0 Å². The highest BCUT2D eigenvalue weighted by Gasteiger charge is 2.47. The minimum absolute atomic E-state index is 0.284. The van der Waals surface area contributed by atoms with E-state index in [1.54, 1.807) is 0 Å². The summed E-state index contributed by atoms with van der Waals surface area (Å²) in [6, 6.07) is -0.284. The van der Waals surface area contributed by atoms with Gasteiger partial charge in [0, 0.05) is 6.42 Å². The van der Waals surface area contributed by atoms with E-state index in [2.05, 4.69) is 5.18 Å². The van der Waals surface area contributed by atoms with Gasteiger partial charge in [0.15, 0.2) is 5.79 Å². The molecular formula is C8H13NO3. The van der Waals surface area contributed by atoms with Crippen LogP contribution in [0, 0.1) is 4.91 Å². The summed E-state index contributed by atoms with van der Waals surface area (Å²) < 4.78 is 10.9. The Morgan fingerprint density at radius 1 is 1.25 bits per heavy atom. The highest BCUT2D eigenvalue weighted by molar-refractivity contribution is 4.91. The Balaban J connectivity index is 2.12. The Kier molecular flexibility index (Phi) is 2.11. The van der Waals surface area contributed by atoms with Crippen molar-refractivity contribution in [2.45, 2.75) is 37.5 Å². The van der Waals surface area contributed by atoms with Crippen LogP contribution >= 0.6 is 0 Å². The summed E-state index contributed by atoms with van der Waals surface area (Å²) in [5.74, 6) is -0.639. The first-order valence-corrected chi connectivity index (χ1v) is 4.48. The zero-order chi connectivity index (χ0) is 8.44. The standard InChI is InChI=1S/C8H13NO3/c10-9-7-3-1-2-4-8(7)11-5-6-12-8/h7H,1-6H2. The smallest absolute Gasteiger partial charge is 0.194 e. The fourth-order valence-electron chi connectivity index (χ4n) is 2.04. The van der Waals surface area contributed by atoms with Gasteiger partial charge in [-0.05, 0) is 12.8 Å². The quantitative estimate of drug-likeness (QED) is 0.561. The van der Waals surface area contributed by atoms with Crippen LogP contribution in [-0.4, -0.2) is 25.0 Å². The summed E-state index contributed by atoms with van der Waals surface area (Å²) in [6.45, 7) is 1.21. The molecule has 68 valence electrons. The van der Waals surface area contributed by atoms with E-state index in [0.717, 1.165) is 25.7 Å². The van der Waals surface area contributed by atoms with Crippen molar-refractivity contribution >= 4 is 0 Å². The van der Waals surface area contributed by atoms with Crippen LogP contribution in [0.1, 0.15) is 25.7 Å². The summed E-state index contributed by atoms with van der Waals surface area (Å²) in [5.41, 5.74) is 0. The third kappa shape index (κ3) is 1.15. The summed E-state index contributed by atoms with van der Waals surface area (Å²) in [5, 5.41) is 3.08. The molecule has 1 aliphatic carbocycles. The molecule has 2 rings (SSSR count). The van der Waals surface area contributed by atoms with Crippen LogP contribution in [0.15, 0.2) is 5.18 Å². The average Bonchev–Trinajstić information content (AvgIpc) is 2.55. The summed E-state index contributed by atoms with van der Waals surface area (Å²) in [4.78, 5) is 10.5. The van der Waals surface area contributed by atoms with Crippen LogP contribution in [0.25, 0.3) is 0 Å². The van der Waals surface area contributed by atoms with Crippen LogP contribution in [0.5, 0.6) is 0 Å². The molecule has 1 heterocycles. The molecule has 2 aliphatic rings. The van der Waals surface area contributed by atoms with Crippen molar-refractivity contribution in [3.63, 3.8) is 0 Å². The molecule has 1 atom stereocenters. The zero-order valence-electron chi connectivity index (χ0n) is 6.99. The van der Waals surface area contributed by atoms with E-state index in [1.165, 1.54) is 0 Å². The van der Waals surface area contributed by atoms with Crippen molar-refractivity contribution in [1.29, 1.82) is 0 Å². The van der Waals surface area contributed by atoms with Gasteiger partial charge in [-0.2, -0.15) is 4.91 Å². The zero-order valence-corrected chi connectivity index (χ0v) is 6.99. The van der Waals surface area contributed by atoms with Gasteiger partial charge in [-0.3, -0.25) is 0 Å². The molecule has 0 amide bonds. The van der Waals surface area contributed by atoms with Crippen molar-refractivity contribution < 1.29 is 9.47 Å². The highest BCUT2D eigenvalue weighted by atomic mass is 16.7. The van der Waals surface area contributed by atoms with Gasteiger partial charge >= 0.3 is 0 Å². The predicted molar refractivity (Wildman–Crippen MR) is 42.7 cm³/mol. The number of hydrogen-bond donors (Lipinski definition) is 0. The second-order valence-electron chi connectivity index (χ2n) is 3.38. The van der Waals surface area contributed by atoms with Crippen molar-refractivity contribution in [2.75, 3.05) is 13.2 Å². The van der Waals surface area contributed by atoms with Gasteiger partial charge in [0.05, 0.1) is 13.2 Å². The number of rotatable bonds is 1. The van der Waals surface area contributed by atoms with E-state index >= 15 is 0 Å². The largest absolute Gasteiger partial charge is 0.345 e. The van der Waals surface area contributed by atoms with E-state index in [-0.39, 0.29) is 6.04 Å². The Morgan fingerprint density at radius 2 is 2.00 bits per heavy atom. The first kappa shape index (κ1) is 8.13. The van der Waals surface area contributed by atoms with Crippen molar-refractivity contribution in [1.82, 2.24) is 0 Å². The molecule has 0 bridgehead atoms. The van der Waals surface area contributed by atoms with Gasteiger partial charge in [0.2, 0.25) is 0 Å². The maximum Gasteiger partial charge on any atom is 0.194 e. The molecule has 1 spiro atoms. The maximum atomic E-state index is 10.5. The molecule has 1 saturated heterocycles. The third-order valence-corrected chi connectivity index (χ3v) is 2.66. The molecule has 0 aromatic rings. The van der Waals surface area contributed by atoms with Gasteiger partial charge in [0.1, 0.15) is 6.04 Å². The number of hydrogen-bond acceptors (Lipinski definition) is 4. The Labute approximate surface area is 71.2 Å². The number of nitroso groups, excluding NO2 is 1. The van der Waals surface area contributed by atoms with E-state index in [4.69, 9.17) is 9.47 Å². The van der Waals surface area contributed by atoms with Crippen molar-refractivity contribution in [2.24, 2.45) is 5.18 Å². The Hall–Kier alpha value is -0.480. The summed E-state index contributed by atoms with van der Waals surface area (Å²) in [7, 11) is 0. The molecule has 0 radical (unpaired) electrons. The molecule has 4 heteroatoms. The highest BCUT2D eigenvalue weighted by Crippen LogP contribution is 2.37. The minimum atomic E-state index is -0.639. The van der Waals surface area contributed by atoms with Crippen LogP contribution < -0.4 is 0 Å². The Bertz CT molecular complexity index is 177. The van der Waals surface area contributed by atoms with E-state index in [0.29, 0.717) is 13.2 Å². The third-order valence-electron chi connectivity index (χ3n) is 2.66. The van der Waals surface area contributed by atoms with Gasteiger partial charge in [0.25, 0.3) is 0 Å². The summed E-state index contributed by atoms with van der Waals surface area (Å²) in [6.07, 6.45) is 3.77. The normalized spacial score (nSPS) is 33.8. The first-order valence-electron chi connectivity index (χ1n) is 4.48. The molecule has 0 N–H and O–H groups in total. The number of ether oxygens (including phenoxy) is 2. The Morgan fingerprint density at radius 3 is 2.67 bits per heavy atom. The lowest BCUT2D eigenvalue weighted by molar-refractivity contribution is -0.187. The van der Waals surface area contributed by atoms with Crippen LogP contribution in [0.4, 0.5) is 0 Å². The molecule has 0 aromatic carbocycles. The van der Waals surface area contributed by atoms with Gasteiger partial charge in [-0.25, -0.2) is 0 Å². The van der Waals surface area contributed by atoms with Crippen molar-refractivity contribution in [3.05, 3.63) is 4.91 Å². The maximum absolute atomic E-state index is 10.5. The monoisotopic (exact) mass is 171 g/mol. The van der Waals surface area contributed by atoms with Gasteiger partial charge < -0.3 is 9.47 Å². The predicted octanol–water partition coefficient (Wildman–Crippen LogP) is 1.44. The SMILES string of the molecule is O=NC1CCCCC12OCCO2. The lowest BCUT2D eigenvalue weighted by Crippen LogP contribution is -2.44. The summed E-state index contributed by atoms with van der Waals surface area (Å²) >= 11 is 0. The van der Waals surface area contributed by atoms with E-state index < -0.39 is 5.79 Å². The fourth-order valence-corrected chi connectivity index (χ4v) is 2.04. The molecular weight excluding hydrogens is 158 g/mol.